The molecule has 16 heavy (non-hydrogen) atoms. The van der Waals surface area contributed by atoms with Crippen molar-refractivity contribution < 1.29 is 0 Å². The van der Waals surface area contributed by atoms with Crippen molar-refractivity contribution in [1.82, 2.24) is 0 Å². The fraction of sp³-hybridized carbons (Fsp3) is 0. The third kappa shape index (κ3) is 2.42. The van der Waals surface area contributed by atoms with E-state index < -0.39 is 0 Å². The first-order chi connectivity index (χ1) is 7.78. The lowest BCUT2D eigenvalue weighted by Crippen LogP contribution is -1.91. The zero-order valence-electron chi connectivity index (χ0n) is 8.93. The minimum Gasteiger partial charge on any atom is -0.265 e. The number of allylic oxidation sites excluding steroid dienone is 5. The van der Waals surface area contributed by atoms with E-state index in [2.05, 4.69) is 23.3 Å². The van der Waals surface area contributed by atoms with Crippen molar-refractivity contribution in [2.24, 2.45) is 9.98 Å². The predicted molar refractivity (Wildman–Crippen MR) is 70.2 cm³/mol. The zero-order chi connectivity index (χ0) is 11.4. The van der Waals surface area contributed by atoms with Crippen LogP contribution < -0.4 is 0 Å². The van der Waals surface area contributed by atoms with Crippen LogP contribution in [-0.2, 0) is 0 Å². The minimum atomic E-state index is 0.854. The van der Waals surface area contributed by atoms with Gasteiger partial charge in [-0.3, -0.25) is 4.99 Å². The molecule has 0 aromatic heterocycles. The van der Waals surface area contributed by atoms with E-state index >= 15 is 0 Å². The van der Waals surface area contributed by atoms with Crippen LogP contribution in [0.25, 0.3) is 0 Å². The van der Waals surface area contributed by atoms with Crippen molar-refractivity contribution in [1.29, 1.82) is 0 Å². The molecule has 0 saturated heterocycles. The van der Waals surface area contributed by atoms with E-state index in [0.717, 1.165) is 22.7 Å². The molecule has 78 valence electrons. The van der Waals surface area contributed by atoms with Gasteiger partial charge in [0.2, 0.25) is 0 Å². The fourth-order valence-electron chi connectivity index (χ4n) is 1.35. The average Bonchev–Trinajstić information content (AvgIpc) is 2.33. The average molecular weight is 208 g/mol. The maximum Gasteiger partial charge on any atom is 0.0638 e. The first-order valence-electron chi connectivity index (χ1n) is 4.98. The molecule has 0 amide bonds. The van der Waals surface area contributed by atoms with E-state index in [1.54, 1.807) is 0 Å². The van der Waals surface area contributed by atoms with Gasteiger partial charge in [0.15, 0.2) is 0 Å². The standard InChI is InChI=1S/C14H12N2/c1-11-3-5-13(6-4-11)16-14-9-7-12(15-2)8-10-14/h3-10H,1-2H2. The number of aliphatic imine (C=N–C) groups is 2. The number of hydrogen-bond donors (Lipinski definition) is 0. The molecular formula is C14H12N2. The predicted octanol–water partition coefficient (Wildman–Crippen LogP) is 3.77. The Morgan fingerprint density at radius 1 is 0.812 bits per heavy atom. The summed E-state index contributed by atoms with van der Waals surface area (Å²) in [4.78, 5) is 8.30. The van der Waals surface area contributed by atoms with Gasteiger partial charge in [0.25, 0.3) is 0 Å². The zero-order valence-corrected chi connectivity index (χ0v) is 8.93. The van der Waals surface area contributed by atoms with Gasteiger partial charge in [-0.1, -0.05) is 18.7 Å². The van der Waals surface area contributed by atoms with Crippen LogP contribution in [0.5, 0.6) is 0 Å². The van der Waals surface area contributed by atoms with Crippen LogP contribution >= 0.6 is 0 Å². The third-order valence-electron chi connectivity index (χ3n) is 2.23. The van der Waals surface area contributed by atoms with Crippen LogP contribution in [0.15, 0.2) is 70.7 Å². The number of hydrogen-bond acceptors (Lipinski definition) is 2. The molecule has 0 atom stereocenters. The maximum absolute atomic E-state index is 4.47. The van der Waals surface area contributed by atoms with Crippen molar-refractivity contribution in [3.8, 4) is 0 Å². The third-order valence-corrected chi connectivity index (χ3v) is 2.23. The van der Waals surface area contributed by atoms with Crippen molar-refractivity contribution >= 4 is 23.8 Å². The minimum absolute atomic E-state index is 0.854. The summed E-state index contributed by atoms with van der Waals surface area (Å²) in [5.41, 5.74) is 3.67. The van der Waals surface area contributed by atoms with Crippen molar-refractivity contribution in [3.05, 3.63) is 60.7 Å². The van der Waals surface area contributed by atoms with E-state index in [9.17, 15) is 0 Å². The highest BCUT2D eigenvalue weighted by atomic mass is 14.7. The van der Waals surface area contributed by atoms with Gasteiger partial charge >= 0.3 is 0 Å². The first kappa shape index (κ1) is 10.3. The molecule has 1 aromatic rings. The molecule has 1 aliphatic carbocycles. The maximum atomic E-state index is 4.47. The van der Waals surface area contributed by atoms with Gasteiger partial charge in [-0.25, -0.2) is 4.99 Å². The molecule has 0 unspecified atom stereocenters. The normalized spacial score (nSPS) is 14.0. The molecule has 1 aliphatic rings. The second-order valence-corrected chi connectivity index (χ2v) is 3.45. The highest BCUT2D eigenvalue weighted by Crippen LogP contribution is 2.19. The van der Waals surface area contributed by atoms with E-state index in [-0.39, 0.29) is 0 Å². The quantitative estimate of drug-likeness (QED) is 0.661. The Bertz CT molecular complexity index is 484. The van der Waals surface area contributed by atoms with Gasteiger partial charge in [-0.2, -0.15) is 0 Å². The summed E-state index contributed by atoms with van der Waals surface area (Å²) in [5.74, 6) is 0. The van der Waals surface area contributed by atoms with Crippen LogP contribution in [0.2, 0.25) is 0 Å². The van der Waals surface area contributed by atoms with Gasteiger partial charge in [0.05, 0.1) is 17.1 Å². The molecule has 0 bridgehead atoms. The Kier molecular flexibility index (Phi) is 2.92. The Morgan fingerprint density at radius 3 is 1.94 bits per heavy atom. The second-order valence-electron chi connectivity index (χ2n) is 3.45. The van der Waals surface area contributed by atoms with Crippen LogP contribution in [0, 0.1) is 0 Å². The molecule has 2 rings (SSSR count). The van der Waals surface area contributed by atoms with Crippen LogP contribution in [0.1, 0.15) is 0 Å². The second kappa shape index (κ2) is 4.53. The van der Waals surface area contributed by atoms with Crippen LogP contribution in [0.3, 0.4) is 0 Å². The molecule has 0 saturated carbocycles. The van der Waals surface area contributed by atoms with Crippen LogP contribution in [0.4, 0.5) is 11.4 Å². The largest absolute Gasteiger partial charge is 0.265 e. The van der Waals surface area contributed by atoms with E-state index in [1.165, 1.54) is 0 Å². The van der Waals surface area contributed by atoms with E-state index in [0.29, 0.717) is 0 Å². The highest BCUT2D eigenvalue weighted by molar-refractivity contribution is 6.07. The molecule has 0 aliphatic heterocycles. The lowest BCUT2D eigenvalue weighted by Gasteiger charge is -2.01. The molecule has 0 heterocycles. The summed E-state index contributed by atoms with van der Waals surface area (Å²) < 4.78 is 0. The van der Waals surface area contributed by atoms with Crippen LogP contribution in [-0.4, -0.2) is 12.4 Å². The lowest BCUT2D eigenvalue weighted by molar-refractivity contribution is 1.48. The van der Waals surface area contributed by atoms with Crippen molar-refractivity contribution in [2.45, 2.75) is 0 Å². The van der Waals surface area contributed by atoms with Gasteiger partial charge < -0.3 is 0 Å². The number of benzene rings is 1. The first-order valence-corrected chi connectivity index (χ1v) is 4.98. The molecule has 2 nitrogen and oxygen atoms in total. The Balaban J connectivity index is 2.23. The van der Waals surface area contributed by atoms with Gasteiger partial charge in [0.1, 0.15) is 0 Å². The smallest absolute Gasteiger partial charge is 0.0638 e. The lowest BCUT2D eigenvalue weighted by atomic mass is 10.1. The summed E-state index contributed by atoms with van der Waals surface area (Å²) in [6, 6.07) is 7.62. The SMILES string of the molecule is C=Nc1ccc(N=C2C=CC(=C)C=C2)cc1. The van der Waals surface area contributed by atoms with Gasteiger partial charge in [-0.15, -0.1) is 0 Å². The molecule has 0 radical (unpaired) electrons. The van der Waals surface area contributed by atoms with Crippen molar-refractivity contribution in [2.75, 3.05) is 0 Å². The summed E-state index contributed by atoms with van der Waals surface area (Å²) >= 11 is 0. The van der Waals surface area contributed by atoms with E-state index in [4.69, 9.17) is 0 Å². The summed E-state index contributed by atoms with van der Waals surface area (Å²) in [5, 5.41) is 0. The number of rotatable bonds is 2. The molecule has 1 aromatic carbocycles. The monoisotopic (exact) mass is 208 g/mol. The van der Waals surface area contributed by atoms with Gasteiger partial charge in [0, 0.05) is 0 Å². The molecule has 0 spiro atoms. The van der Waals surface area contributed by atoms with E-state index in [1.807, 2.05) is 48.6 Å². The number of nitrogens with zero attached hydrogens (tertiary/aromatic N) is 2. The molecule has 2 heteroatoms. The Morgan fingerprint density at radius 2 is 1.38 bits per heavy atom. The highest BCUT2D eigenvalue weighted by Gasteiger charge is 1.96. The summed E-state index contributed by atoms with van der Waals surface area (Å²) in [6.45, 7) is 7.30. The van der Waals surface area contributed by atoms with Gasteiger partial charge in [-0.05, 0) is 48.7 Å². The molecular weight excluding hydrogens is 196 g/mol. The topological polar surface area (TPSA) is 24.7 Å². The van der Waals surface area contributed by atoms with Crippen molar-refractivity contribution in [3.63, 3.8) is 0 Å². The summed E-state index contributed by atoms with van der Waals surface area (Å²) in [6.07, 6.45) is 7.78. The summed E-state index contributed by atoms with van der Waals surface area (Å²) in [7, 11) is 0. The molecule has 0 fully saturated rings. The Labute approximate surface area is 95.1 Å². The fourth-order valence-corrected chi connectivity index (χ4v) is 1.35. The Hall–Kier alpha value is -2.22. The molecule has 0 N–H and O–H groups in total.